The van der Waals surface area contributed by atoms with E-state index in [0.717, 1.165) is 6.07 Å². The van der Waals surface area contributed by atoms with Crippen molar-refractivity contribution >= 4 is 5.96 Å². The van der Waals surface area contributed by atoms with Gasteiger partial charge in [0.1, 0.15) is 12.4 Å². The van der Waals surface area contributed by atoms with Crippen molar-refractivity contribution in [2.75, 3.05) is 13.2 Å². The van der Waals surface area contributed by atoms with Gasteiger partial charge in [-0.3, -0.25) is 4.99 Å². The second-order valence-electron chi connectivity index (χ2n) is 3.15. The monoisotopic (exact) mass is 247 g/mol. The summed E-state index contributed by atoms with van der Waals surface area (Å²) >= 11 is 0. The van der Waals surface area contributed by atoms with E-state index in [-0.39, 0.29) is 24.9 Å². The number of hydrogen-bond acceptors (Lipinski definition) is 2. The van der Waals surface area contributed by atoms with Gasteiger partial charge in [0.2, 0.25) is 0 Å². The Balaban J connectivity index is 2.68. The molecule has 0 spiro atoms. The quantitative estimate of drug-likeness (QED) is 0.479. The van der Waals surface area contributed by atoms with Gasteiger partial charge in [0.05, 0.1) is 12.1 Å². The van der Waals surface area contributed by atoms with Crippen LogP contribution in [0.5, 0.6) is 5.75 Å². The summed E-state index contributed by atoms with van der Waals surface area (Å²) in [5.41, 5.74) is 9.31. The van der Waals surface area contributed by atoms with Gasteiger partial charge in [0.15, 0.2) is 5.96 Å². The second-order valence-corrected chi connectivity index (χ2v) is 3.15. The van der Waals surface area contributed by atoms with Crippen molar-refractivity contribution in [1.82, 2.24) is 0 Å². The number of ether oxygens (including phenoxy) is 1. The molecular weight excluding hydrogens is 235 g/mol. The molecule has 0 amide bonds. The van der Waals surface area contributed by atoms with Gasteiger partial charge >= 0.3 is 6.18 Å². The Hall–Kier alpha value is -1.92. The molecule has 17 heavy (non-hydrogen) atoms. The van der Waals surface area contributed by atoms with Crippen LogP contribution in [0.2, 0.25) is 0 Å². The highest BCUT2D eigenvalue weighted by Crippen LogP contribution is 2.35. The normalized spacial score (nSPS) is 11.0. The summed E-state index contributed by atoms with van der Waals surface area (Å²) < 4.78 is 42.6. The molecule has 0 atom stereocenters. The van der Waals surface area contributed by atoms with Crippen LogP contribution in [0.3, 0.4) is 0 Å². The van der Waals surface area contributed by atoms with Crippen molar-refractivity contribution in [3.05, 3.63) is 29.8 Å². The topological polar surface area (TPSA) is 73.6 Å². The van der Waals surface area contributed by atoms with E-state index in [1.54, 1.807) is 0 Å². The standard InChI is InChI=1S/C10H12F3N3O/c11-10(12,13)7-3-1-2-4-8(7)17-6-5-16-9(14)15/h1-4H,5-6H2,(H4,14,15,16). The van der Waals surface area contributed by atoms with Crippen LogP contribution in [0.1, 0.15) is 5.56 Å². The van der Waals surface area contributed by atoms with E-state index in [4.69, 9.17) is 16.2 Å². The van der Waals surface area contributed by atoms with Gasteiger partial charge in [-0.05, 0) is 12.1 Å². The molecule has 1 aromatic carbocycles. The molecule has 0 heterocycles. The van der Waals surface area contributed by atoms with Crippen LogP contribution in [0.4, 0.5) is 13.2 Å². The number of guanidine groups is 1. The van der Waals surface area contributed by atoms with Crippen molar-refractivity contribution in [2.45, 2.75) is 6.18 Å². The Kier molecular flexibility index (Phi) is 4.19. The molecule has 7 heteroatoms. The van der Waals surface area contributed by atoms with Gasteiger partial charge < -0.3 is 16.2 Å². The summed E-state index contributed by atoms with van der Waals surface area (Å²) in [7, 11) is 0. The fourth-order valence-electron chi connectivity index (χ4n) is 1.16. The second kappa shape index (κ2) is 5.42. The summed E-state index contributed by atoms with van der Waals surface area (Å²) in [5.74, 6) is -0.358. The zero-order valence-electron chi connectivity index (χ0n) is 8.87. The minimum absolute atomic E-state index is 0.0228. The van der Waals surface area contributed by atoms with Crippen molar-refractivity contribution < 1.29 is 17.9 Å². The number of nitrogens with two attached hydrogens (primary N) is 2. The van der Waals surface area contributed by atoms with Crippen molar-refractivity contribution in [1.29, 1.82) is 0 Å². The molecule has 1 aromatic rings. The van der Waals surface area contributed by atoms with Gasteiger partial charge in [0.25, 0.3) is 0 Å². The molecule has 0 saturated heterocycles. The molecule has 0 aliphatic carbocycles. The van der Waals surface area contributed by atoms with E-state index in [1.165, 1.54) is 18.2 Å². The molecule has 0 bridgehead atoms. The molecule has 0 aliphatic rings. The third-order valence-electron chi connectivity index (χ3n) is 1.84. The zero-order valence-corrected chi connectivity index (χ0v) is 8.87. The molecule has 0 aliphatic heterocycles. The third-order valence-corrected chi connectivity index (χ3v) is 1.84. The molecule has 0 saturated carbocycles. The Morgan fingerprint density at radius 2 is 1.88 bits per heavy atom. The smallest absolute Gasteiger partial charge is 0.419 e. The Bertz CT molecular complexity index is 400. The average Bonchev–Trinajstić information content (AvgIpc) is 2.23. The predicted molar refractivity (Wildman–Crippen MR) is 57.6 cm³/mol. The van der Waals surface area contributed by atoms with Crippen LogP contribution < -0.4 is 16.2 Å². The molecule has 0 aromatic heterocycles. The Morgan fingerprint density at radius 1 is 1.24 bits per heavy atom. The van der Waals surface area contributed by atoms with E-state index >= 15 is 0 Å². The summed E-state index contributed by atoms with van der Waals surface area (Å²) in [6, 6.07) is 4.96. The largest absolute Gasteiger partial charge is 0.491 e. The lowest BCUT2D eigenvalue weighted by atomic mass is 10.2. The van der Waals surface area contributed by atoms with E-state index in [2.05, 4.69) is 4.99 Å². The van der Waals surface area contributed by atoms with Crippen LogP contribution in [0.25, 0.3) is 0 Å². The summed E-state index contributed by atoms with van der Waals surface area (Å²) in [6.07, 6.45) is -4.44. The number of nitrogens with zero attached hydrogens (tertiary/aromatic N) is 1. The van der Waals surface area contributed by atoms with Crippen molar-refractivity contribution in [3.8, 4) is 5.75 Å². The molecule has 4 nitrogen and oxygen atoms in total. The summed E-state index contributed by atoms with van der Waals surface area (Å²) in [5, 5.41) is 0. The first-order valence-electron chi connectivity index (χ1n) is 4.75. The fraction of sp³-hybridized carbons (Fsp3) is 0.300. The summed E-state index contributed by atoms with van der Waals surface area (Å²) in [6.45, 7) is 0.0829. The highest BCUT2D eigenvalue weighted by atomic mass is 19.4. The van der Waals surface area contributed by atoms with E-state index in [9.17, 15) is 13.2 Å². The van der Waals surface area contributed by atoms with Gasteiger partial charge in [-0.1, -0.05) is 12.1 Å². The molecule has 0 radical (unpaired) electrons. The maximum Gasteiger partial charge on any atom is 0.419 e. The maximum atomic E-state index is 12.5. The van der Waals surface area contributed by atoms with E-state index < -0.39 is 11.7 Å². The van der Waals surface area contributed by atoms with Crippen molar-refractivity contribution in [3.63, 3.8) is 0 Å². The lowest BCUT2D eigenvalue weighted by molar-refractivity contribution is -0.138. The lowest BCUT2D eigenvalue weighted by Gasteiger charge is -2.12. The highest BCUT2D eigenvalue weighted by Gasteiger charge is 2.33. The first-order valence-corrected chi connectivity index (χ1v) is 4.75. The SMILES string of the molecule is NC(N)=NCCOc1ccccc1C(F)(F)F. The average molecular weight is 247 g/mol. The molecule has 0 fully saturated rings. The number of alkyl halides is 3. The number of aliphatic imine (C=N–C) groups is 1. The van der Waals surface area contributed by atoms with E-state index in [1.807, 2.05) is 0 Å². The van der Waals surface area contributed by atoms with E-state index in [0.29, 0.717) is 0 Å². The maximum absolute atomic E-state index is 12.5. The minimum Gasteiger partial charge on any atom is -0.491 e. The van der Waals surface area contributed by atoms with Gasteiger partial charge in [-0.2, -0.15) is 13.2 Å². The lowest BCUT2D eigenvalue weighted by Crippen LogP contribution is -2.23. The molecule has 94 valence electrons. The van der Waals surface area contributed by atoms with Gasteiger partial charge in [-0.15, -0.1) is 0 Å². The van der Waals surface area contributed by atoms with Gasteiger partial charge in [-0.25, -0.2) is 0 Å². The minimum atomic E-state index is -4.44. The molecule has 0 unspecified atom stereocenters. The number of benzene rings is 1. The Labute approximate surface area is 96.1 Å². The van der Waals surface area contributed by atoms with Crippen LogP contribution >= 0.6 is 0 Å². The van der Waals surface area contributed by atoms with Crippen LogP contribution in [-0.2, 0) is 6.18 Å². The number of hydrogen-bond donors (Lipinski definition) is 2. The number of para-hydroxylation sites is 1. The van der Waals surface area contributed by atoms with Crippen LogP contribution in [-0.4, -0.2) is 19.1 Å². The van der Waals surface area contributed by atoms with Gasteiger partial charge in [0, 0.05) is 0 Å². The number of halogens is 3. The first-order chi connectivity index (χ1) is 7.91. The van der Waals surface area contributed by atoms with Crippen molar-refractivity contribution in [2.24, 2.45) is 16.5 Å². The predicted octanol–water partition coefficient (Wildman–Crippen LogP) is 1.36. The van der Waals surface area contributed by atoms with Crippen LogP contribution in [0.15, 0.2) is 29.3 Å². The molecular formula is C10H12F3N3O. The molecule has 4 N–H and O–H groups in total. The highest BCUT2D eigenvalue weighted by molar-refractivity contribution is 5.75. The zero-order chi connectivity index (χ0) is 12.9. The molecule has 1 rings (SSSR count). The number of rotatable bonds is 4. The Morgan fingerprint density at radius 3 is 2.47 bits per heavy atom. The first kappa shape index (κ1) is 13.1. The van der Waals surface area contributed by atoms with Crippen LogP contribution in [0, 0.1) is 0 Å². The summed E-state index contributed by atoms with van der Waals surface area (Å²) in [4.78, 5) is 3.60. The fourth-order valence-corrected chi connectivity index (χ4v) is 1.16. The third kappa shape index (κ3) is 4.21.